The van der Waals surface area contributed by atoms with Gasteiger partial charge >= 0.3 is 0 Å². The van der Waals surface area contributed by atoms with Gasteiger partial charge in [0, 0.05) is 18.3 Å². The smallest absolute Gasteiger partial charge is 0.119 e. The molecule has 2 aromatic rings. The predicted octanol–water partition coefficient (Wildman–Crippen LogP) is 3.41. The predicted molar refractivity (Wildman–Crippen MR) is 92.8 cm³/mol. The van der Waals surface area contributed by atoms with E-state index >= 15 is 0 Å². The number of aromatic amines is 1. The molecule has 1 aliphatic carbocycles. The molecule has 1 unspecified atom stereocenters. The van der Waals surface area contributed by atoms with Gasteiger partial charge in [-0.2, -0.15) is 5.10 Å². The van der Waals surface area contributed by atoms with E-state index in [0.29, 0.717) is 6.04 Å². The second kappa shape index (κ2) is 7.64. The van der Waals surface area contributed by atoms with Gasteiger partial charge in [0.05, 0.1) is 12.8 Å². The van der Waals surface area contributed by atoms with E-state index in [0.717, 1.165) is 25.1 Å². The Morgan fingerprint density at radius 2 is 2.13 bits per heavy atom. The lowest BCUT2D eigenvalue weighted by molar-refractivity contribution is 0.414. The number of hydrogen-bond acceptors (Lipinski definition) is 3. The number of H-pyrrole nitrogens is 1. The number of nitrogens with one attached hydrogen (secondary N) is 2. The van der Waals surface area contributed by atoms with Gasteiger partial charge in [-0.1, -0.05) is 18.6 Å². The van der Waals surface area contributed by atoms with Crippen LogP contribution in [0.25, 0.3) is 0 Å². The first-order valence-corrected chi connectivity index (χ1v) is 8.67. The van der Waals surface area contributed by atoms with Crippen molar-refractivity contribution in [2.45, 2.75) is 58.0 Å². The summed E-state index contributed by atoms with van der Waals surface area (Å²) in [5.41, 5.74) is 5.33. The molecule has 0 saturated carbocycles. The van der Waals surface area contributed by atoms with E-state index in [9.17, 15) is 0 Å². The van der Waals surface area contributed by atoms with Crippen molar-refractivity contribution in [2.24, 2.45) is 0 Å². The summed E-state index contributed by atoms with van der Waals surface area (Å²) in [5.74, 6) is 0.923. The fourth-order valence-electron chi connectivity index (χ4n) is 3.37. The lowest BCUT2D eigenvalue weighted by atomic mass is 10.1. The zero-order valence-corrected chi connectivity index (χ0v) is 14.2. The Morgan fingerprint density at radius 3 is 3.00 bits per heavy atom. The number of nitrogens with zero attached hydrogens (tertiary/aromatic N) is 1. The van der Waals surface area contributed by atoms with E-state index < -0.39 is 0 Å². The highest BCUT2D eigenvalue weighted by Crippen LogP contribution is 2.21. The van der Waals surface area contributed by atoms with Gasteiger partial charge in [-0.25, -0.2) is 0 Å². The van der Waals surface area contributed by atoms with Crippen molar-refractivity contribution >= 4 is 0 Å². The van der Waals surface area contributed by atoms with Crippen LogP contribution in [0.5, 0.6) is 5.75 Å². The number of rotatable bonds is 6. The number of aryl methyl sites for hydroxylation is 1. The molecule has 0 aliphatic heterocycles. The van der Waals surface area contributed by atoms with Crippen LogP contribution in [0.15, 0.2) is 24.3 Å². The molecule has 0 saturated heterocycles. The molecule has 0 radical (unpaired) electrons. The van der Waals surface area contributed by atoms with Crippen LogP contribution in [0.3, 0.4) is 0 Å². The summed E-state index contributed by atoms with van der Waals surface area (Å²) in [5, 5.41) is 11.4. The normalized spacial score (nSPS) is 15.7. The summed E-state index contributed by atoms with van der Waals surface area (Å²) in [6.07, 6.45) is 7.23. The highest BCUT2D eigenvalue weighted by molar-refractivity contribution is 5.29. The van der Waals surface area contributed by atoms with E-state index in [4.69, 9.17) is 4.74 Å². The van der Waals surface area contributed by atoms with Gasteiger partial charge in [-0.05, 0) is 62.3 Å². The van der Waals surface area contributed by atoms with Crippen LogP contribution in [0.4, 0.5) is 0 Å². The fraction of sp³-hybridized carbons (Fsp3) is 0.526. The molecule has 0 amide bonds. The van der Waals surface area contributed by atoms with Gasteiger partial charge in [0.1, 0.15) is 5.75 Å². The standard InChI is InChI=1S/C19H27N3O/c1-14(11-15-7-6-8-16(12-15)23-2)20-13-19-17-9-4-3-5-10-18(17)21-22-19/h6-8,12,14,20H,3-5,9-11,13H2,1-2H3,(H,21,22). The first-order valence-electron chi connectivity index (χ1n) is 8.67. The maximum Gasteiger partial charge on any atom is 0.119 e. The van der Waals surface area contributed by atoms with Crippen molar-refractivity contribution in [3.05, 3.63) is 46.8 Å². The average molecular weight is 313 g/mol. The number of aromatic nitrogens is 2. The zero-order valence-electron chi connectivity index (χ0n) is 14.2. The lowest BCUT2D eigenvalue weighted by Gasteiger charge is -2.14. The molecule has 1 atom stereocenters. The van der Waals surface area contributed by atoms with Crippen LogP contribution in [-0.4, -0.2) is 23.3 Å². The molecule has 4 nitrogen and oxygen atoms in total. The Balaban J connectivity index is 1.56. The molecule has 4 heteroatoms. The second-order valence-corrected chi connectivity index (χ2v) is 6.53. The SMILES string of the molecule is COc1cccc(CC(C)NCc2n[nH]c3c2CCCCC3)c1. The highest BCUT2D eigenvalue weighted by atomic mass is 16.5. The van der Waals surface area contributed by atoms with E-state index in [1.165, 1.54) is 48.2 Å². The molecular formula is C19H27N3O. The molecule has 0 spiro atoms. The molecule has 23 heavy (non-hydrogen) atoms. The fourth-order valence-corrected chi connectivity index (χ4v) is 3.37. The minimum atomic E-state index is 0.403. The molecule has 0 bridgehead atoms. The van der Waals surface area contributed by atoms with Crippen molar-refractivity contribution in [2.75, 3.05) is 7.11 Å². The molecule has 1 aromatic carbocycles. The summed E-state index contributed by atoms with van der Waals surface area (Å²) in [4.78, 5) is 0. The second-order valence-electron chi connectivity index (χ2n) is 6.53. The summed E-state index contributed by atoms with van der Waals surface area (Å²) < 4.78 is 5.29. The Bertz CT molecular complexity index is 635. The third-order valence-corrected chi connectivity index (χ3v) is 4.69. The van der Waals surface area contributed by atoms with Crippen molar-refractivity contribution in [1.82, 2.24) is 15.5 Å². The lowest BCUT2D eigenvalue weighted by Crippen LogP contribution is -2.28. The van der Waals surface area contributed by atoms with Gasteiger partial charge in [0.15, 0.2) is 0 Å². The highest BCUT2D eigenvalue weighted by Gasteiger charge is 2.16. The van der Waals surface area contributed by atoms with E-state index in [-0.39, 0.29) is 0 Å². The first kappa shape index (κ1) is 16.1. The van der Waals surface area contributed by atoms with Gasteiger partial charge in [-0.15, -0.1) is 0 Å². The topological polar surface area (TPSA) is 49.9 Å². The summed E-state index contributed by atoms with van der Waals surface area (Å²) >= 11 is 0. The summed E-state index contributed by atoms with van der Waals surface area (Å²) in [6.45, 7) is 3.07. The maximum absolute atomic E-state index is 5.29. The molecule has 124 valence electrons. The number of hydrogen-bond donors (Lipinski definition) is 2. The van der Waals surface area contributed by atoms with Gasteiger partial charge in [-0.3, -0.25) is 5.10 Å². The van der Waals surface area contributed by atoms with Crippen LogP contribution in [0.2, 0.25) is 0 Å². The minimum absolute atomic E-state index is 0.403. The number of methoxy groups -OCH3 is 1. The van der Waals surface area contributed by atoms with Crippen molar-refractivity contribution < 1.29 is 4.74 Å². The largest absolute Gasteiger partial charge is 0.497 e. The molecule has 0 fully saturated rings. The van der Waals surface area contributed by atoms with Gasteiger partial charge in [0.2, 0.25) is 0 Å². The molecule has 3 rings (SSSR count). The Hall–Kier alpha value is -1.81. The van der Waals surface area contributed by atoms with Crippen molar-refractivity contribution in [3.8, 4) is 5.75 Å². The summed E-state index contributed by atoms with van der Waals surface area (Å²) in [7, 11) is 1.71. The van der Waals surface area contributed by atoms with Crippen LogP contribution in [-0.2, 0) is 25.8 Å². The van der Waals surface area contributed by atoms with Crippen molar-refractivity contribution in [1.29, 1.82) is 0 Å². The van der Waals surface area contributed by atoms with Gasteiger partial charge in [0.25, 0.3) is 0 Å². The quantitative estimate of drug-likeness (QED) is 0.804. The molecule has 1 aliphatic rings. The first-order chi connectivity index (χ1) is 11.3. The van der Waals surface area contributed by atoms with Crippen LogP contribution in [0.1, 0.15) is 48.7 Å². The summed E-state index contributed by atoms with van der Waals surface area (Å²) in [6, 6.07) is 8.70. The average Bonchev–Trinajstić information content (AvgIpc) is 2.79. The number of benzene rings is 1. The Morgan fingerprint density at radius 1 is 1.26 bits per heavy atom. The van der Waals surface area contributed by atoms with Crippen LogP contribution in [0, 0.1) is 0 Å². The maximum atomic E-state index is 5.29. The van der Waals surface area contributed by atoms with E-state index in [2.05, 4.69) is 40.6 Å². The van der Waals surface area contributed by atoms with Crippen LogP contribution >= 0.6 is 0 Å². The number of fused-ring (bicyclic) bond motifs is 1. The molecular weight excluding hydrogens is 286 g/mol. The van der Waals surface area contributed by atoms with Crippen molar-refractivity contribution in [3.63, 3.8) is 0 Å². The van der Waals surface area contributed by atoms with E-state index in [1.807, 2.05) is 6.07 Å². The molecule has 1 heterocycles. The Labute approximate surface area is 138 Å². The molecule has 1 aromatic heterocycles. The minimum Gasteiger partial charge on any atom is -0.497 e. The van der Waals surface area contributed by atoms with Gasteiger partial charge < -0.3 is 10.1 Å². The number of ether oxygens (including phenoxy) is 1. The zero-order chi connectivity index (χ0) is 16.1. The van der Waals surface area contributed by atoms with Crippen LogP contribution < -0.4 is 10.1 Å². The van der Waals surface area contributed by atoms with E-state index in [1.54, 1.807) is 7.11 Å². The Kier molecular flexibility index (Phi) is 5.34. The monoisotopic (exact) mass is 313 g/mol. The third kappa shape index (κ3) is 4.14. The third-order valence-electron chi connectivity index (χ3n) is 4.69. The molecule has 2 N–H and O–H groups in total.